The first-order valence-electron chi connectivity index (χ1n) is 5.34. The Labute approximate surface area is 111 Å². The van der Waals surface area contributed by atoms with Gasteiger partial charge < -0.3 is 15.2 Å². The Morgan fingerprint density at radius 2 is 2.05 bits per heavy atom. The van der Waals surface area contributed by atoms with E-state index in [0.29, 0.717) is 0 Å². The van der Waals surface area contributed by atoms with Crippen LogP contribution in [-0.2, 0) is 4.74 Å². The first-order chi connectivity index (χ1) is 9.33. The van der Waals surface area contributed by atoms with Crippen LogP contribution >= 0.6 is 0 Å². The third kappa shape index (κ3) is 2.58. The number of pyridine rings is 1. The number of esters is 1. The molecule has 2 N–H and O–H groups in total. The van der Waals surface area contributed by atoms with E-state index in [0.717, 1.165) is 19.4 Å². The highest BCUT2D eigenvalue weighted by Gasteiger charge is 2.32. The summed E-state index contributed by atoms with van der Waals surface area (Å²) in [5, 5.41) is 0.176. The van der Waals surface area contributed by atoms with Crippen LogP contribution in [0.4, 0.5) is 18.9 Å². The SMILES string of the molecule is COC(=O)c1cnc2c(OC(F)(F)F)cccc2c1N. The molecule has 20 heavy (non-hydrogen) atoms. The minimum atomic E-state index is -4.84. The predicted octanol–water partition coefficient (Wildman–Crippen LogP) is 2.50. The maximum atomic E-state index is 12.3. The van der Waals surface area contributed by atoms with Crippen LogP contribution in [-0.4, -0.2) is 24.4 Å². The molecule has 0 radical (unpaired) electrons. The van der Waals surface area contributed by atoms with E-state index < -0.39 is 18.1 Å². The number of halogens is 3. The molecule has 0 unspecified atom stereocenters. The lowest BCUT2D eigenvalue weighted by atomic mass is 10.1. The van der Waals surface area contributed by atoms with Gasteiger partial charge in [-0.1, -0.05) is 12.1 Å². The summed E-state index contributed by atoms with van der Waals surface area (Å²) in [6.45, 7) is 0. The summed E-state index contributed by atoms with van der Waals surface area (Å²) in [5.74, 6) is -1.21. The van der Waals surface area contributed by atoms with Gasteiger partial charge in [-0.25, -0.2) is 4.79 Å². The smallest absolute Gasteiger partial charge is 0.465 e. The molecule has 0 atom stereocenters. The van der Waals surface area contributed by atoms with Crippen molar-refractivity contribution in [3.05, 3.63) is 30.0 Å². The van der Waals surface area contributed by atoms with Gasteiger partial charge in [0, 0.05) is 11.6 Å². The van der Waals surface area contributed by atoms with Gasteiger partial charge >= 0.3 is 12.3 Å². The summed E-state index contributed by atoms with van der Waals surface area (Å²) < 4.78 is 45.2. The number of hydrogen-bond acceptors (Lipinski definition) is 5. The number of nitrogen functional groups attached to an aromatic ring is 1. The van der Waals surface area contributed by atoms with Crippen molar-refractivity contribution in [3.63, 3.8) is 0 Å². The number of nitrogens with two attached hydrogens (primary N) is 1. The lowest BCUT2D eigenvalue weighted by Gasteiger charge is -2.12. The van der Waals surface area contributed by atoms with Crippen molar-refractivity contribution in [3.8, 4) is 5.75 Å². The minimum absolute atomic E-state index is 0.0190. The number of methoxy groups -OCH3 is 1. The molecule has 0 saturated carbocycles. The fourth-order valence-electron chi connectivity index (χ4n) is 1.70. The summed E-state index contributed by atoms with van der Waals surface area (Å²) >= 11 is 0. The van der Waals surface area contributed by atoms with E-state index in [-0.39, 0.29) is 22.2 Å². The monoisotopic (exact) mass is 286 g/mol. The van der Waals surface area contributed by atoms with E-state index >= 15 is 0 Å². The van der Waals surface area contributed by atoms with E-state index in [9.17, 15) is 18.0 Å². The number of fused-ring (bicyclic) bond motifs is 1. The molecule has 2 aromatic rings. The van der Waals surface area contributed by atoms with Crippen molar-refractivity contribution >= 4 is 22.6 Å². The first kappa shape index (κ1) is 13.9. The van der Waals surface area contributed by atoms with E-state index in [4.69, 9.17) is 5.73 Å². The molecule has 0 aliphatic heterocycles. The highest BCUT2D eigenvalue weighted by atomic mass is 19.4. The highest BCUT2D eigenvalue weighted by Crippen LogP contribution is 2.32. The Bertz CT molecular complexity index is 671. The molecule has 0 bridgehead atoms. The first-order valence-corrected chi connectivity index (χ1v) is 5.34. The summed E-state index contributed by atoms with van der Waals surface area (Å²) in [7, 11) is 1.16. The molecule has 8 heteroatoms. The topological polar surface area (TPSA) is 74.4 Å². The Kier molecular flexibility index (Phi) is 3.39. The van der Waals surface area contributed by atoms with Gasteiger partial charge in [0.05, 0.1) is 12.8 Å². The van der Waals surface area contributed by atoms with Crippen LogP contribution in [0.15, 0.2) is 24.4 Å². The molecular weight excluding hydrogens is 277 g/mol. The van der Waals surface area contributed by atoms with Gasteiger partial charge in [0.25, 0.3) is 0 Å². The van der Waals surface area contributed by atoms with E-state index in [1.807, 2.05) is 0 Å². The van der Waals surface area contributed by atoms with Crippen molar-refractivity contribution in [1.82, 2.24) is 4.98 Å². The third-order valence-electron chi connectivity index (χ3n) is 2.53. The molecular formula is C12H9F3N2O3. The lowest BCUT2D eigenvalue weighted by molar-refractivity contribution is -0.274. The van der Waals surface area contributed by atoms with Gasteiger partial charge in [-0.15, -0.1) is 13.2 Å². The summed E-state index contributed by atoms with van der Waals surface area (Å²) in [6, 6.07) is 3.87. The number of nitrogens with zero attached hydrogens (tertiary/aromatic N) is 1. The summed E-state index contributed by atoms with van der Waals surface area (Å²) in [6.07, 6.45) is -3.79. The lowest BCUT2D eigenvalue weighted by Crippen LogP contribution is -2.17. The van der Waals surface area contributed by atoms with Crippen molar-refractivity contribution in [2.75, 3.05) is 12.8 Å². The number of hydrogen-bond donors (Lipinski definition) is 1. The van der Waals surface area contributed by atoms with E-state index in [1.54, 1.807) is 0 Å². The molecule has 0 aliphatic carbocycles. The molecule has 1 heterocycles. The number of anilines is 1. The van der Waals surface area contributed by atoms with Gasteiger partial charge in [0.2, 0.25) is 0 Å². The van der Waals surface area contributed by atoms with Crippen LogP contribution in [0.2, 0.25) is 0 Å². The average molecular weight is 286 g/mol. The fourth-order valence-corrected chi connectivity index (χ4v) is 1.70. The maximum Gasteiger partial charge on any atom is 0.573 e. The average Bonchev–Trinajstić information content (AvgIpc) is 2.37. The summed E-state index contributed by atoms with van der Waals surface area (Å²) in [4.78, 5) is 15.2. The molecule has 1 aromatic carbocycles. The van der Waals surface area contributed by atoms with Crippen molar-refractivity contribution in [2.45, 2.75) is 6.36 Å². The standard InChI is InChI=1S/C12H9F3N2O3/c1-19-11(18)7-5-17-10-6(9(7)16)3-2-4-8(10)20-12(13,14)15/h2-5H,1H3,(H2,16,17). The Balaban J connectivity index is 2.61. The Hall–Kier alpha value is -2.51. The molecule has 5 nitrogen and oxygen atoms in total. The third-order valence-corrected chi connectivity index (χ3v) is 2.53. The molecule has 0 spiro atoms. The van der Waals surface area contributed by atoms with Gasteiger partial charge in [0.1, 0.15) is 11.1 Å². The van der Waals surface area contributed by atoms with E-state index in [2.05, 4.69) is 14.5 Å². The Morgan fingerprint density at radius 1 is 1.35 bits per heavy atom. The van der Waals surface area contributed by atoms with Crippen LogP contribution in [0.5, 0.6) is 5.75 Å². The van der Waals surface area contributed by atoms with Crippen molar-refractivity contribution in [2.24, 2.45) is 0 Å². The second-order valence-corrected chi connectivity index (χ2v) is 3.78. The fraction of sp³-hybridized carbons (Fsp3) is 0.167. The van der Waals surface area contributed by atoms with Crippen LogP contribution in [0, 0.1) is 0 Å². The van der Waals surface area contributed by atoms with Crippen LogP contribution in [0.25, 0.3) is 10.9 Å². The maximum absolute atomic E-state index is 12.3. The predicted molar refractivity (Wildman–Crippen MR) is 64.2 cm³/mol. The van der Waals surface area contributed by atoms with Crippen LogP contribution in [0.3, 0.4) is 0 Å². The number of carbonyl (C=O) groups excluding carboxylic acids is 1. The second kappa shape index (κ2) is 4.87. The number of alkyl halides is 3. The van der Waals surface area contributed by atoms with Gasteiger partial charge in [-0.3, -0.25) is 4.98 Å². The van der Waals surface area contributed by atoms with Crippen molar-refractivity contribution in [1.29, 1.82) is 0 Å². The van der Waals surface area contributed by atoms with Gasteiger partial charge in [-0.2, -0.15) is 0 Å². The van der Waals surface area contributed by atoms with E-state index in [1.165, 1.54) is 12.1 Å². The molecule has 0 saturated heterocycles. The largest absolute Gasteiger partial charge is 0.573 e. The van der Waals surface area contributed by atoms with Gasteiger partial charge in [-0.05, 0) is 6.07 Å². The molecule has 2 rings (SSSR count). The number of rotatable bonds is 2. The van der Waals surface area contributed by atoms with Crippen LogP contribution < -0.4 is 10.5 Å². The number of carbonyl (C=O) groups is 1. The molecule has 0 aliphatic rings. The zero-order valence-electron chi connectivity index (χ0n) is 10.2. The number of aromatic nitrogens is 1. The number of ether oxygens (including phenoxy) is 2. The van der Waals surface area contributed by atoms with Crippen LogP contribution in [0.1, 0.15) is 10.4 Å². The number of benzene rings is 1. The minimum Gasteiger partial charge on any atom is -0.465 e. The normalized spacial score (nSPS) is 11.4. The second-order valence-electron chi connectivity index (χ2n) is 3.78. The zero-order chi connectivity index (χ0) is 14.9. The van der Waals surface area contributed by atoms with Gasteiger partial charge in [0.15, 0.2) is 5.75 Å². The zero-order valence-corrected chi connectivity index (χ0v) is 10.2. The quantitative estimate of drug-likeness (QED) is 0.858. The molecule has 1 aromatic heterocycles. The Morgan fingerprint density at radius 3 is 2.65 bits per heavy atom. The molecule has 106 valence electrons. The number of para-hydroxylation sites is 1. The molecule has 0 fully saturated rings. The summed E-state index contributed by atoms with van der Waals surface area (Å²) in [5.41, 5.74) is 5.62. The van der Waals surface area contributed by atoms with Crippen molar-refractivity contribution < 1.29 is 27.4 Å². The molecule has 0 amide bonds. The highest BCUT2D eigenvalue weighted by molar-refractivity contribution is 6.05.